The van der Waals surface area contributed by atoms with Crippen molar-refractivity contribution in [3.05, 3.63) is 54.5 Å². The summed E-state index contributed by atoms with van der Waals surface area (Å²) in [6, 6.07) is 10.2. The number of nitrogens with zero attached hydrogens (tertiary/aromatic N) is 2. The summed E-state index contributed by atoms with van der Waals surface area (Å²) in [5.41, 5.74) is 1.55. The Kier molecular flexibility index (Phi) is 4.33. The molecular weight excluding hydrogens is 316 g/mol. The predicted octanol–water partition coefficient (Wildman–Crippen LogP) is 3.08. The number of hydrogen-bond acceptors (Lipinski definition) is 4. The van der Waals surface area contributed by atoms with E-state index in [9.17, 15) is 4.79 Å². The van der Waals surface area contributed by atoms with Gasteiger partial charge in [-0.25, -0.2) is 0 Å². The highest BCUT2D eigenvalue weighted by Gasteiger charge is 2.24. The Labute approximate surface area is 145 Å². The molecule has 0 saturated heterocycles. The first-order valence-electron chi connectivity index (χ1n) is 8.59. The normalized spacial score (nSPS) is 20.3. The third-order valence-electron chi connectivity index (χ3n) is 4.65. The van der Waals surface area contributed by atoms with E-state index in [-0.39, 0.29) is 18.1 Å². The first-order valence-corrected chi connectivity index (χ1v) is 8.59. The van der Waals surface area contributed by atoms with Gasteiger partial charge < -0.3 is 10.1 Å². The number of ether oxygens (including phenoxy) is 1. The van der Waals surface area contributed by atoms with Crippen LogP contribution in [0.15, 0.2) is 48.9 Å². The molecule has 0 unspecified atom stereocenters. The Morgan fingerprint density at radius 1 is 1.20 bits per heavy atom. The van der Waals surface area contributed by atoms with Crippen molar-refractivity contribution in [2.75, 3.05) is 0 Å². The number of aromatic amines is 1. The molecule has 3 aromatic rings. The maximum atomic E-state index is 12.1. The van der Waals surface area contributed by atoms with Gasteiger partial charge in [0.2, 0.25) is 0 Å². The highest BCUT2D eigenvalue weighted by molar-refractivity contribution is 5.93. The van der Waals surface area contributed by atoms with Crippen LogP contribution < -0.4 is 10.1 Å². The second-order valence-corrected chi connectivity index (χ2v) is 6.41. The molecule has 2 N–H and O–H groups in total. The molecular formula is C19H20N4O2. The summed E-state index contributed by atoms with van der Waals surface area (Å²) < 4.78 is 6.13. The van der Waals surface area contributed by atoms with Crippen molar-refractivity contribution in [2.24, 2.45) is 0 Å². The van der Waals surface area contributed by atoms with Gasteiger partial charge in [-0.3, -0.25) is 14.9 Å². The van der Waals surface area contributed by atoms with Crippen LogP contribution in [-0.2, 0) is 0 Å². The number of benzene rings is 1. The number of nitrogens with one attached hydrogen (secondary N) is 2. The van der Waals surface area contributed by atoms with Crippen LogP contribution in [0.2, 0.25) is 0 Å². The van der Waals surface area contributed by atoms with E-state index in [4.69, 9.17) is 4.74 Å². The molecule has 0 atom stereocenters. The minimum Gasteiger partial charge on any atom is -0.490 e. The van der Waals surface area contributed by atoms with E-state index in [1.54, 1.807) is 18.6 Å². The molecule has 2 heterocycles. The highest BCUT2D eigenvalue weighted by atomic mass is 16.5. The first-order chi connectivity index (χ1) is 12.3. The Morgan fingerprint density at radius 3 is 2.88 bits per heavy atom. The molecule has 1 fully saturated rings. The molecule has 1 aliphatic carbocycles. The van der Waals surface area contributed by atoms with Crippen LogP contribution in [0.4, 0.5) is 0 Å². The van der Waals surface area contributed by atoms with E-state index in [2.05, 4.69) is 20.5 Å². The van der Waals surface area contributed by atoms with Crippen molar-refractivity contribution >= 4 is 16.8 Å². The molecule has 2 aromatic heterocycles. The fourth-order valence-electron chi connectivity index (χ4n) is 3.29. The van der Waals surface area contributed by atoms with E-state index in [0.717, 1.165) is 42.3 Å². The third-order valence-corrected chi connectivity index (χ3v) is 4.65. The maximum absolute atomic E-state index is 12.1. The van der Waals surface area contributed by atoms with Gasteiger partial charge in [-0.1, -0.05) is 6.07 Å². The van der Waals surface area contributed by atoms with Crippen molar-refractivity contribution < 1.29 is 9.53 Å². The SMILES string of the molecule is O=C(NC1CCC(Oc2ccc3ncccc3c2)CC1)c1cn[nH]c1. The minimum atomic E-state index is -0.0693. The van der Waals surface area contributed by atoms with Gasteiger partial charge in [0.25, 0.3) is 5.91 Å². The van der Waals surface area contributed by atoms with Crippen LogP contribution in [0.1, 0.15) is 36.0 Å². The van der Waals surface area contributed by atoms with E-state index in [0.29, 0.717) is 5.56 Å². The molecule has 0 spiro atoms. The Morgan fingerprint density at radius 2 is 2.08 bits per heavy atom. The summed E-state index contributed by atoms with van der Waals surface area (Å²) in [6.45, 7) is 0. The number of hydrogen-bond donors (Lipinski definition) is 2. The molecule has 25 heavy (non-hydrogen) atoms. The van der Waals surface area contributed by atoms with E-state index in [1.807, 2.05) is 30.3 Å². The predicted molar refractivity (Wildman–Crippen MR) is 94.5 cm³/mol. The first kappa shape index (κ1) is 15.6. The zero-order valence-electron chi connectivity index (χ0n) is 13.8. The number of carbonyl (C=O) groups is 1. The van der Waals surface area contributed by atoms with Gasteiger partial charge in [0.05, 0.1) is 23.4 Å². The van der Waals surface area contributed by atoms with Gasteiger partial charge in [-0.15, -0.1) is 0 Å². The monoisotopic (exact) mass is 336 g/mol. The van der Waals surface area contributed by atoms with Gasteiger partial charge in [0.15, 0.2) is 0 Å². The van der Waals surface area contributed by atoms with Crippen LogP contribution in [0.5, 0.6) is 5.75 Å². The standard InChI is InChI=1S/C19H20N4O2/c24-19(14-11-21-22-12-14)23-15-3-5-16(6-4-15)25-17-7-8-18-13(10-17)2-1-9-20-18/h1-2,7-12,15-16H,3-6H2,(H,21,22)(H,23,24). The molecule has 6 nitrogen and oxygen atoms in total. The van der Waals surface area contributed by atoms with Crippen molar-refractivity contribution in [1.82, 2.24) is 20.5 Å². The molecule has 128 valence electrons. The fraction of sp³-hybridized carbons (Fsp3) is 0.316. The van der Waals surface area contributed by atoms with Gasteiger partial charge in [0.1, 0.15) is 5.75 Å². The molecule has 1 aromatic carbocycles. The largest absolute Gasteiger partial charge is 0.490 e. The lowest BCUT2D eigenvalue weighted by Crippen LogP contribution is -2.39. The van der Waals surface area contributed by atoms with Gasteiger partial charge in [-0.2, -0.15) is 5.10 Å². The van der Waals surface area contributed by atoms with Crippen LogP contribution in [0.3, 0.4) is 0 Å². The average Bonchev–Trinajstić information content (AvgIpc) is 3.18. The van der Waals surface area contributed by atoms with Crippen LogP contribution in [0, 0.1) is 0 Å². The highest BCUT2D eigenvalue weighted by Crippen LogP contribution is 2.26. The number of rotatable bonds is 4. The number of carbonyl (C=O) groups excluding carboxylic acids is 1. The smallest absolute Gasteiger partial charge is 0.254 e. The number of pyridine rings is 1. The van der Waals surface area contributed by atoms with E-state index >= 15 is 0 Å². The molecule has 1 aliphatic rings. The Bertz CT molecular complexity index is 855. The lowest BCUT2D eigenvalue weighted by molar-refractivity contribution is 0.0894. The van der Waals surface area contributed by atoms with Crippen molar-refractivity contribution in [1.29, 1.82) is 0 Å². The zero-order chi connectivity index (χ0) is 17.1. The quantitative estimate of drug-likeness (QED) is 0.767. The maximum Gasteiger partial charge on any atom is 0.254 e. The summed E-state index contributed by atoms with van der Waals surface area (Å²) in [5.74, 6) is 0.812. The minimum absolute atomic E-state index is 0.0693. The fourth-order valence-corrected chi connectivity index (χ4v) is 3.29. The summed E-state index contributed by atoms with van der Waals surface area (Å²) in [5, 5.41) is 10.6. The molecule has 0 aliphatic heterocycles. The number of amides is 1. The van der Waals surface area contributed by atoms with Crippen LogP contribution in [-0.4, -0.2) is 33.2 Å². The van der Waals surface area contributed by atoms with Crippen molar-refractivity contribution in [2.45, 2.75) is 37.8 Å². The van der Waals surface area contributed by atoms with Crippen molar-refractivity contribution in [3.63, 3.8) is 0 Å². The number of H-pyrrole nitrogens is 1. The topological polar surface area (TPSA) is 79.9 Å². The number of aromatic nitrogens is 3. The second-order valence-electron chi connectivity index (χ2n) is 6.41. The Hall–Kier alpha value is -2.89. The van der Waals surface area contributed by atoms with E-state index in [1.165, 1.54) is 0 Å². The van der Waals surface area contributed by atoms with Crippen LogP contribution >= 0.6 is 0 Å². The van der Waals surface area contributed by atoms with E-state index < -0.39 is 0 Å². The Balaban J connectivity index is 1.31. The molecule has 0 radical (unpaired) electrons. The lowest BCUT2D eigenvalue weighted by atomic mass is 9.92. The summed E-state index contributed by atoms with van der Waals surface area (Å²) in [4.78, 5) is 16.4. The molecule has 1 amide bonds. The summed E-state index contributed by atoms with van der Waals surface area (Å²) in [6.07, 6.45) is 8.84. The molecule has 0 bridgehead atoms. The number of fused-ring (bicyclic) bond motifs is 1. The van der Waals surface area contributed by atoms with Gasteiger partial charge in [-0.05, 0) is 49.9 Å². The van der Waals surface area contributed by atoms with Crippen molar-refractivity contribution in [3.8, 4) is 5.75 Å². The third kappa shape index (κ3) is 3.63. The lowest BCUT2D eigenvalue weighted by Gasteiger charge is -2.29. The van der Waals surface area contributed by atoms with Gasteiger partial charge >= 0.3 is 0 Å². The molecule has 4 rings (SSSR count). The van der Waals surface area contributed by atoms with Crippen LogP contribution in [0.25, 0.3) is 10.9 Å². The average molecular weight is 336 g/mol. The second kappa shape index (κ2) is 6.93. The molecule has 1 saturated carbocycles. The zero-order valence-corrected chi connectivity index (χ0v) is 13.8. The summed E-state index contributed by atoms with van der Waals surface area (Å²) >= 11 is 0. The summed E-state index contributed by atoms with van der Waals surface area (Å²) in [7, 11) is 0. The molecule has 6 heteroatoms. The van der Waals surface area contributed by atoms with Gasteiger partial charge in [0, 0.05) is 23.8 Å².